The minimum atomic E-state index is -0.0639. The van der Waals surface area contributed by atoms with Gasteiger partial charge in [0, 0.05) is 30.7 Å². The van der Waals surface area contributed by atoms with Gasteiger partial charge in [-0.1, -0.05) is 11.6 Å². The first-order valence-electron chi connectivity index (χ1n) is 5.31. The minimum Gasteiger partial charge on any atom is -0.310 e. The smallest absolute Gasteiger partial charge is 0.267 e. The Bertz CT molecular complexity index is 584. The maximum Gasteiger partial charge on any atom is 0.267 e. The van der Waals surface area contributed by atoms with Crippen molar-refractivity contribution >= 4 is 38.9 Å². The Labute approximate surface area is 122 Å². The van der Waals surface area contributed by atoms with Crippen molar-refractivity contribution in [2.75, 3.05) is 6.54 Å². The summed E-state index contributed by atoms with van der Waals surface area (Å²) in [5.41, 5.74) is -0.0639. The maximum absolute atomic E-state index is 11.7. The van der Waals surface area contributed by atoms with Crippen molar-refractivity contribution < 1.29 is 0 Å². The van der Waals surface area contributed by atoms with Crippen LogP contribution < -0.4 is 10.9 Å². The van der Waals surface area contributed by atoms with E-state index in [0.717, 1.165) is 10.9 Å². The Morgan fingerprint density at radius 3 is 3.06 bits per heavy atom. The van der Waals surface area contributed by atoms with Crippen molar-refractivity contribution in [1.29, 1.82) is 0 Å². The predicted octanol–water partition coefficient (Wildman–Crippen LogP) is 2.51. The van der Waals surface area contributed by atoms with Crippen molar-refractivity contribution in [3.63, 3.8) is 0 Å². The SMILES string of the molecule is O=c1c(Br)cncn1CCNCc1ccc(Cl)s1. The highest BCUT2D eigenvalue weighted by molar-refractivity contribution is 9.10. The summed E-state index contributed by atoms with van der Waals surface area (Å²) >= 11 is 10.6. The fourth-order valence-electron chi connectivity index (χ4n) is 1.44. The van der Waals surface area contributed by atoms with E-state index < -0.39 is 0 Å². The average molecular weight is 349 g/mol. The van der Waals surface area contributed by atoms with Gasteiger partial charge in [0.1, 0.15) is 4.47 Å². The predicted molar refractivity (Wildman–Crippen MR) is 77.2 cm³/mol. The lowest BCUT2D eigenvalue weighted by molar-refractivity contribution is 0.579. The van der Waals surface area contributed by atoms with Gasteiger partial charge in [-0.05, 0) is 28.1 Å². The highest BCUT2D eigenvalue weighted by atomic mass is 79.9. The molecule has 0 saturated heterocycles. The lowest BCUT2D eigenvalue weighted by atomic mass is 10.4. The van der Waals surface area contributed by atoms with Gasteiger partial charge in [-0.3, -0.25) is 9.36 Å². The second-order valence-corrected chi connectivity index (χ2v) is 6.28. The van der Waals surface area contributed by atoms with Gasteiger partial charge >= 0.3 is 0 Å². The van der Waals surface area contributed by atoms with Crippen LogP contribution in [-0.2, 0) is 13.1 Å². The monoisotopic (exact) mass is 347 g/mol. The molecule has 0 aliphatic rings. The Kier molecular flexibility index (Phi) is 4.94. The zero-order valence-corrected chi connectivity index (χ0v) is 12.6. The third-order valence-electron chi connectivity index (χ3n) is 2.32. The molecule has 0 aliphatic heterocycles. The maximum atomic E-state index is 11.7. The van der Waals surface area contributed by atoms with E-state index in [0.29, 0.717) is 17.6 Å². The Morgan fingerprint density at radius 1 is 1.50 bits per heavy atom. The summed E-state index contributed by atoms with van der Waals surface area (Å²) in [6.45, 7) is 2.05. The van der Waals surface area contributed by atoms with Crippen molar-refractivity contribution in [2.45, 2.75) is 13.1 Å². The number of thiophene rings is 1. The third kappa shape index (κ3) is 3.65. The van der Waals surface area contributed by atoms with Gasteiger partial charge in [0.15, 0.2) is 0 Å². The van der Waals surface area contributed by atoms with Crippen LogP contribution in [0.2, 0.25) is 4.34 Å². The fourth-order valence-corrected chi connectivity index (χ4v) is 2.84. The van der Waals surface area contributed by atoms with Gasteiger partial charge in [-0.2, -0.15) is 0 Å². The summed E-state index contributed by atoms with van der Waals surface area (Å²) in [7, 11) is 0. The van der Waals surface area contributed by atoms with Crippen LogP contribution in [0.5, 0.6) is 0 Å². The summed E-state index contributed by atoms with van der Waals surface area (Å²) < 4.78 is 2.84. The number of rotatable bonds is 5. The van der Waals surface area contributed by atoms with Crippen molar-refractivity contribution in [2.24, 2.45) is 0 Å². The Morgan fingerprint density at radius 2 is 2.33 bits per heavy atom. The zero-order valence-electron chi connectivity index (χ0n) is 9.40. The first-order chi connectivity index (χ1) is 8.66. The van der Waals surface area contributed by atoms with E-state index in [1.807, 2.05) is 12.1 Å². The van der Waals surface area contributed by atoms with Gasteiger partial charge in [-0.25, -0.2) is 4.98 Å². The van der Waals surface area contributed by atoms with Gasteiger partial charge < -0.3 is 5.32 Å². The van der Waals surface area contributed by atoms with Crippen molar-refractivity contribution in [3.8, 4) is 0 Å². The highest BCUT2D eigenvalue weighted by Gasteiger charge is 2.01. The van der Waals surface area contributed by atoms with E-state index in [1.165, 1.54) is 17.4 Å². The largest absolute Gasteiger partial charge is 0.310 e. The molecule has 0 aliphatic carbocycles. The molecule has 0 atom stereocenters. The van der Waals surface area contributed by atoms with Gasteiger partial charge in [0.2, 0.25) is 0 Å². The van der Waals surface area contributed by atoms with Gasteiger partial charge in [-0.15, -0.1) is 11.3 Å². The van der Waals surface area contributed by atoms with Crippen LogP contribution in [0.15, 0.2) is 33.9 Å². The molecule has 7 heteroatoms. The summed E-state index contributed by atoms with van der Waals surface area (Å²) in [5, 5.41) is 3.26. The van der Waals surface area contributed by atoms with Crippen LogP contribution in [0, 0.1) is 0 Å². The number of halogens is 2. The lowest BCUT2D eigenvalue weighted by Crippen LogP contribution is -2.27. The van der Waals surface area contributed by atoms with Crippen molar-refractivity contribution in [3.05, 3.63) is 48.7 Å². The standard InChI is InChI=1S/C11H11BrClN3OS/c12-9-6-15-7-16(11(9)17)4-3-14-5-8-1-2-10(13)18-8/h1-2,6-7,14H,3-5H2. The van der Waals surface area contributed by atoms with Gasteiger partial charge in [0.05, 0.1) is 10.7 Å². The molecule has 4 nitrogen and oxygen atoms in total. The molecule has 0 amide bonds. The molecule has 2 rings (SSSR count). The van der Waals surface area contributed by atoms with Crippen LogP contribution in [0.1, 0.15) is 4.88 Å². The number of nitrogens with one attached hydrogen (secondary N) is 1. The van der Waals surface area contributed by atoms with Crippen LogP contribution in [0.25, 0.3) is 0 Å². The van der Waals surface area contributed by atoms with Crippen LogP contribution >= 0.6 is 38.9 Å². The lowest BCUT2D eigenvalue weighted by Gasteiger charge is -2.06. The first kappa shape index (κ1) is 13.7. The molecule has 0 fully saturated rings. The molecule has 0 saturated carbocycles. The van der Waals surface area contributed by atoms with E-state index in [9.17, 15) is 4.79 Å². The summed E-state index contributed by atoms with van der Waals surface area (Å²) in [5.74, 6) is 0. The van der Waals surface area contributed by atoms with Crippen LogP contribution in [0.3, 0.4) is 0 Å². The average Bonchev–Trinajstić information content (AvgIpc) is 2.76. The summed E-state index contributed by atoms with van der Waals surface area (Å²) in [6, 6.07) is 3.87. The molecule has 2 aromatic rings. The number of nitrogens with zero attached hydrogens (tertiary/aromatic N) is 2. The van der Waals surface area contributed by atoms with Crippen LogP contribution in [0.4, 0.5) is 0 Å². The molecule has 0 aromatic carbocycles. The molecule has 18 heavy (non-hydrogen) atoms. The van der Waals surface area contributed by atoms with E-state index in [1.54, 1.807) is 15.9 Å². The Balaban J connectivity index is 1.82. The first-order valence-corrected chi connectivity index (χ1v) is 7.30. The molecule has 0 bridgehead atoms. The molecule has 0 spiro atoms. The molecule has 0 unspecified atom stereocenters. The van der Waals surface area contributed by atoms with Crippen molar-refractivity contribution in [1.82, 2.24) is 14.9 Å². The number of hydrogen-bond acceptors (Lipinski definition) is 4. The number of hydrogen-bond donors (Lipinski definition) is 1. The zero-order chi connectivity index (χ0) is 13.0. The molecule has 2 aromatic heterocycles. The minimum absolute atomic E-state index is 0.0639. The number of aromatic nitrogens is 2. The van der Waals surface area contributed by atoms with E-state index in [4.69, 9.17) is 11.6 Å². The van der Waals surface area contributed by atoms with E-state index in [-0.39, 0.29) is 5.56 Å². The molecule has 96 valence electrons. The topological polar surface area (TPSA) is 46.9 Å². The van der Waals surface area contributed by atoms with E-state index in [2.05, 4.69) is 26.2 Å². The molecule has 1 N–H and O–H groups in total. The van der Waals surface area contributed by atoms with E-state index >= 15 is 0 Å². The second-order valence-electron chi connectivity index (χ2n) is 3.62. The molecule has 0 radical (unpaired) electrons. The highest BCUT2D eigenvalue weighted by Crippen LogP contribution is 2.20. The summed E-state index contributed by atoms with van der Waals surface area (Å²) in [6.07, 6.45) is 3.04. The van der Waals surface area contributed by atoms with Gasteiger partial charge in [0.25, 0.3) is 5.56 Å². The molecule has 2 heterocycles. The quantitative estimate of drug-likeness (QED) is 0.845. The Hall–Kier alpha value is -0.690. The normalized spacial score (nSPS) is 10.8. The summed E-state index contributed by atoms with van der Waals surface area (Å²) in [4.78, 5) is 16.8. The second kappa shape index (κ2) is 6.47. The third-order valence-corrected chi connectivity index (χ3v) is 4.09. The van der Waals surface area contributed by atoms with Crippen LogP contribution in [-0.4, -0.2) is 16.1 Å². The molecular weight excluding hydrogens is 338 g/mol. The molecular formula is C11H11BrClN3OS. The fraction of sp³-hybridized carbons (Fsp3) is 0.273.